The van der Waals surface area contributed by atoms with E-state index in [9.17, 15) is 18.0 Å². The van der Waals surface area contributed by atoms with E-state index in [4.69, 9.17) is 5.11 Å². The van der Waals surface area contributed by atoms with Gasteiger partial charge in [0.25, 0.3) is 0 Å². The van der Waals surface area contributed by atoms with Gasteiger partial charge in [-0.05, 0) is 34.5 Å². The molecule has 3 aromatic rings. The van der Waals surface area contributed by atoms with Crippen LogP contribution >= 0.6 is 0 Å². The summed E-state index contributed by atoms with van der Waals surface area (Å²) in [4.78, 5) is 10.9. The highest BCUT2D eigenvalue weighted by molar-refractivity contribution is 5.95. The second-order valence-corrected chi connectivity index (χ2v) is 5.12. The number of alkyl halides is 3. The summed E-state index contributed by atoms with van der Waals surface area (Å²) in [5.41, 5.74) is 1.47. The van der Waals surface area contributed by atoms with E-state index in [1.165, 1.54) is 18.5 Å². The number of halogens is 3. The van der Waals surface area contributed by atoms with Crippen molar-refractivity contribution in [1.82, 2.24) is 9.78 Å². The van der Waals surface area contributed by atoms with E-state index in [2.05, 4.69) is 5.10 Å². The van der Waals surface area contributed by atoms with Crippen molar-refractivity contribution in [3.63, 3.8) is 0 Å². The van der Waals surface area contributed by atoms with Gasteiger partial charge >= 0.3 is 12.1 Å². The molecule has 0 saturated carbocycles. The molecule has 7 heteroatoms. The molecule has 4 nitrogen and oxygen atoms in total. The fraction of sp³-hybridized carbons (Fsp3) is 0.125. The zero-order valence-corrected chi connectivity index (χ0v) is 11.7. The first kappa shape index (κ1) is 15.1. The summed E-state index contributed by atoms with van der Waals surface area (Å²) >= 11 is 0. The fourth-order valence-electron chi connectivity index (χ4n) is 2.34. The standard InChI is InChI=1S/C16H11F3N2O2/c17-16(18,19)9-21-8-14(7-20-21)12-2-1-11-6-13(15(22)23)4-3-10(11)5-12/h1-8H,9H2,(H,22,23). The SMILES string of the molecule is O=C(O)c1ccc2cc(-c3cnn(CC(F)(F)F)c3)ccc2c1. The van der Waals surface area contributed by atoms with Gasteiger partial charge in [0.2, 0.25) is 0 Å². The summed E-state index contributed by atoms with van der Waals surface area (Å²) in [7, 11) is 0. The van der Waals surface area contributed by atoms with Crippen LogP contribution in [0.2, 0.25) is 0 Å². The monoisotopic (exact) mass is 320 g/mol. The number of nitrogens with zero attached hydrogens (tertiary/aromatic N) is 2. The summed E-state index contributed by atoms with van der Waals surface area (Å²) in [6.07, 6.45) is -1.61. The maximum Gasteiger partial charge on any atom is 0.408 e. The van der Waals surface area contributed by atoms with Crippen LogP contribution in [0.1, 0.15) is 10.4 Å². The maximum atomic E-state index is 12.4. The fourth-order valence-corrected chi connectivity index (χ4v) is 2.34. The smallest absolute Gasteiger partial charge is 0.408 e. The predicted molar refractivity (Wildman–Crippen MR) is 78.2 cm³/mol. The summed E-state index contributed by atoms with van der Waals surface area (Å²) in [5.74, 6) is -1.01. The van der Waals surface area contributed by atoms with Crippen molar-refractivity contribution in [3.8, 4) is 11.1 Å². The van der Waals surface area contributed by atoms with E-state index in [-0.39, 0.29) is 5.56 Å². The molecular formula is C16H11F3N2O2. The highest BCUT2D eigenvalue weighted by atomic mass is 19.4. The van der Waals surface area contributed by atoms with E-state index in [1.807, 2.05) is 0 Å². The second kappa shape index (κ2) is 5.42. The lowest BCUT2D eigenvalue weighted by molar-refractivity contribution is -0.142. The Morgan fingerprint density at radius 1 is 1.09 bits per heavy atom. The van der Waals surface area contributed by atoms with Gasteiger partial charge in [0.05, 0.1) is 11.8 Å². The molecule has 0 atom stereocenters. The van der Waals surface area contributed by atoms with E-state index < -0.39 is 18.7 Å². The Morgan fingerprint density at radius 3 is 2.48 bits per heavy atom. The molecule has 0 spiro atoms. The number of carboxylic acid groups (broad SMARTS) is 1. The topological polar surface area (TPSA) is 55.1 Å². The minimum atomic E-state index is -4.32. The highest BCUT2D eigenvalue weighted by Gasteiger charge is 2.28. The third-order valence-electron chi connectivity index (χ3n) is 3.40. The number of rotatable bonds is 3. The van der Waals surface area contributed by atoms with Gasteiger partial charge in [-0.15, -0.1) is 0 Å². The van der Waals surface area contributed by atoms with Crippen molar-refractivity contribution in [3.05, 3.63) is 54.4 Å². The third-order valence-corrected chi connectivity index (χ3v) is 3.40. The molecule has 0 aliphatic carbocycles. The van der Waals surface area contributed by atoms with Crippen LogP contribution in [0.4, 0.5) is 13.2 Å². The Morgan fingerprint density at radius 2 is 1.78 bits per heavy atom. The lowest BCUT2D eigenvalue weighted by Crippen LogP contribution is -2.17. The van der Waals surface area contributed by atoms with Crippen molar-refractivity contribution in [2.24, 2.45) is 0 Å². The normalized spacial score (nSPS) is 11.8. The van der Waals surface area contributed by atoms with Crippen molar-refractivity contribution in [1.29, 1.82) is 0 Å². The van der Waals surface area contributed by atoms with Gasteiger partial charge in [0.15, 0.2) is 0 Å². The van der Waals surface area contributed by atoms with Crippen molar-refractivity contribution >= 4 is 16.7 Å². The number of aromatic carboxylic acids is 1. The average Bonchev–Trinajstić information content (AvgIpc) is 2.92. The van der Waals surface area contributed by atoms with Crippen molar-refractivity contribution in [2.45, 2.75) is 12.7 Å². The van der Waals surface area contributed by atoms with Gasteiger partial charge in [-0.3, -0.25) is 4.68 Å². The molecule has 0 aliphatic heterocycles. The quantitative estimate of drug-likeness (QED) is 0.794. The lowest BCUT2D eigenvalue weighted by Gasteiger charge is -2.05. The zero-order chi connectivity index (χ0) is 16.6. The number of hydrogen-bond acceptors (Lipinski definition) is 2. The van der Waals surface area contributed by atoms with Crippen molar-refractivity contribution < 1.29 is 23.1 Å². The van der Waals surface area contributed by atoms with Gasteiger partial charge in [-0.25, -0.2) is 4.79 Å². The van der Waals surface area contributed by atoms with Gasteiger partial charge in [-0.1, -0.05) is 18.2 Å². The van der Waals surface area contributed by atoms with Gasteiger partial charge < -0.3 is 5.11 Å². The number of hydrogen-bond donors (Lipinski definition) is 1. The van der Waals surface area contributed by atoms with Crippen LogP contribution in [0.25, 0.3) is 21.9 Å². The molecule has 118 valence electrons. The van der Waals surface area contributed by atoms with E-state index in [0.29, 0.717) is 11.1 Å². The molecule has 1 aromatic heterocycles. The molecule has 0 aliphatic rings. The predicted octanol–water partition coefficient (Wildman–Crippen LogP) is 3.96. The number of carbonyl (C=O) groups is 1. The summed E-state index contributed by atoms with van der Waals surface area (Å²) in [6.45, 7) is -1.14. The molecule has 1 N–H and O–H groups in total. The van der Waals surface area contributed by atoms with Crippen LogP contribution in [0.15, 0.2) is 48.8 Å². The van der Waals surface area contributed by atoms with E-state index in [1.54, 1.807) is 30.3 Å². The van der Waals surface area contributed by atoms with E-state index >= 15 is 0 Å². The van der Waals surface area contributed by atoms with Crippen molar-refractivity contribution in [2.75, 3.05) is 0 Å². The molecule has 1 heterocycles. The summed E-state index contributed by atoms with van der Waals surface area (Å²) in [5, 5.41) is 14.2. The first-order valence-corrected chi connectivity index (χ1v) is 6.68. The lowest BCUT2D eigenvalue weighted by atomic mass is 10.0. The zero-order valence-electron chi connectivity index (χ0n) is 11.7. The Kier molecular flexibility index (Phi) is 3.55. The Balaban J connectivity index is 1.94. The number of carboxylic acids is 1. The van der Waals surface area contributed by atoms with Crippen LogP contribution in [-0.2, 0) is 6.54 Å². The largest absolute Gasteiger partial charge is 0.478 e. The third kappa shape index (κ3) is 3.33. The molecule has 0 amide bonds. The molecule has 2 aromatic carbocycles. The second-order valence-electron chi connectivity index (χ2n) is 5.12. The average molecular weight is 320 g/mol. The molecule has 0 fully saturated rings. The molecular weight excluding hydrogens is 309 g/mol. The molecule has 0 unspecified atom stereocenters. The number of aromatic nitrogens is 2. The number of fused-ring (bicyclic) bond motifs is 1. The van der Waals surface area contributed by atoms with E-state index in [0.717, 1.165) is 15.5 Å². The van der Waals surface area contributed by atoms with Crippen LogP contribution in [0, 0.1) is 0 Å². The summed E-state index contributed by atoms with van der Waals surface area (Å²) in [6, 6.07) is 9.95. The van der Waals surface area contributed by atoms with Gasteiger partial charge in [-0.2, -0.15) is 18.3 Å². The van der Waals surface area contributed by atoms with Crippen LogP contribution in [0.3, 0.4) is 0 Å². The first-order chi connectivity index (χ1) is 10.8. The Bertz CT molecular complexity index is 884. The Hall–Kier alpha value is -2.83. The molecule has 0 saturated heterocycles. The first-order valence-electron chi connectivity index (χ1n) is 6.68. The summed E-state index contributed by atoms with van der Waals surface area (Å²) < 4.78 is 37.9. The molecule has 23 heavy (non-hydrogen) atoms. The van der Waals surface area contributed by atoms with Gasteiger partial charge in [0, 0.05) is 11.8 Å². The molecule has 0 bridgehead atoms. The molecule has 3 rings (SSSR count). The van der Waals surface area contributed by atoms with Gasteiger partial charge in [0.1, 0.15) is 6.54 Å². The molecule has 0 radical (unpaired) electrons. The minimum Gasteiger partial charge on any atom is -0.478 e. The highest BCUT2D eigenvalue weighted by Crippen LogP contribution is 2.26. The van der Waals surface area contributed by atoms with Crippen LogP contribution in [-0.4, -0.2) is 27.0 Å². The minimum absolute atomic E-state index is 0.184. The van der Waals surface area contributed by atoms with Crippen LogP contribution < -0.4 is 0 Å². The number of benzene rings is 2. The van der Waals surface area contributed by atoms with Crippen LogP contribution in [0.5, 0.6) is 0 Å². The Labute approximate surface area is 128 Å². The maximum absolute atomic E-state index is 12.4.